The number of hydrogen-bond acceptors (Lipinski definition) is 5. The lowest BCUT2D eigenvalue weighted by atomic mass is 10.2. The number of oxime groups is 1. The molecule has 0 saturated heterocycles. The molecule has 9 heteroatoms. The Morgan fingerprint density at radius 3 is 2.59 bits per heavy atom. The van der Waals surface area contributed by atoms with Crippen LogP contribution in [-0.2, 0) is 21.4 Å². The Hall–Kier alpha value is -2.84. The van der Waals surface area contributed by atoms with Gasteiger partial charge in [-0.3, -0.25) is 4.79 Å². The van der Waals surface area contributed by atoms with Gasteiger partial charge in [-0.25, -0.2) is 12.4 Å². The average Bonchev–Trinajstić information content (AvgIpc) is 2.99. The molecule has 0 saturated carbocycles. The summed E-state index contributed by atoms with van der Waals surface area (Å²) in [5.74, 6) is -0.282. The fourth-order valence-corrected chi connectivity index (χ4v) is 4.53. The highest BCUT2D eigenvalue weighted by molar-refractivity contribution is 7.90. The molecule has 2 N–H and O–H groups in total. The van der Waals surface area contributed by atoms with E-state index in [1.54, 1.807) is 30.3 Å². The monoisotopic (exact) mass is 405 g/mol. The molecule has 0 fully saturated rings. The summed E-state index contributed by atoms with van der Waals surface area (Å²) in [7, 11) is -3.93. The Morgan fingerprint density at radius 1 is 1.26 bits per heavy atom. The van der Waals surface area contributed by atoms with Crippen molar-refractivity contribution in [1.29, 1.82) is 0 Å². The van der Waals surface area contributed by atoms with Crippen molar-refractivity contribution in [2.45, 2.75) is 18.4 Å². The van der Waals surface area contributed by atoms with Gasteiger partial charge in [0.05, 0.1) is 33.9 Å². The van der Waals surface area contributed by atoms with Crippen molar-refractivity contribution in [2.75, 3.05) is 0 Å². The number of amides is 1. The molecular weight excluding hydrogens is 390 g/mol. The molecule has 3 aromatic rings. The predicted molar refractivity (Wildman–Crippen MR) is 103 cm³/mol. The standard InChI is InChI=1S/C18H16ClN3O4S/c1-12(23)20-11-15-7-13-8-17(19)14(10-21-24)9-18(13)22(15)27(25,26)16-5-3-2-4-6-16/h2-10,24H,11H2,1H3,(H,20,23)/b21-10+. The van der Waals surface area contributed by atoms with Crippen molar-refractivity contribution in [3.8, 4) is 0 Å². The number of aromatic nitrogens is 1. The molecule has 0 aliphatic carbocycles. The maximum absolute atomic E-state index is 13.3. The minimum Gasteiger partial charge on any atom is -0.411 e. The molecule has 1 heterocycles. The van der Waals surface area contributed by atoms with Gasteiger partial charge in [-0.05, 0) is 30.3 Å². The first-order valence-electron chi connectivity index (χ1n) is 7.91. The number of rotatable bonds is 5. The summed E-state index contributed by atoms with van der Waals surface area (Å²) in [6.45, 7) is 1.38. The molecule has 0 radical (unpaired) electrons. The molecule has 1 aromatic heterocycles. The lowest BCUT2D eigenvalue weighted by Gasteiger charge is -2.13. The highest BCUT2D eigenvalue weighted by Crippen LogP contribution is 2.30. The molecule has 0 spiro atoms. The van der Waals surface area contributed by atoms with Crippen LogP contribution < -0.4 is 5.32 Å². The van der Waals surface area contributed by atoms with Gasteiger partial charge in [-0.1, -0.05) is 35.0 Å². The largest absolute Gasteiger partial charge is 0.411 e. The Kier molecular flexibility index (Phi) is 5.20. The number of carbonyl (C=O) groups is 1. The number of hydrogen-bond donors (Lipinski definition) is 2. The van der Waals surface area contributed by atoms with Gasteiger partial charge in [-0.2, -0.15) is 0 Å². The van der Waals surface area contributed by atoms with Gasteiger partial charge in [0.15, 0.2) is 0 Å². The summed E-state index contributed by atoms with van der Waals surface area (Å²) in [4.78, 5) is 11.4. The smallest absolute Gasteiger partial charge is 0.268 e. The maximum Gasteiger partial charge on any atom is 0.268 e. The van der Waals surface area contributed by atoms with E-state index in [0.717, 1.165) is 6.21 Å². The quantitative estimate of drug-likeness (QED) is 0.387. The third kappa shape index (κ3) is 3.67. The van der Waals surface area contributed by atoms with E-state index in [0.29, 0.717) is 27.2 Å². The van der Waals surface area contributed by atoms with Crippen LogP contribution in [0.15, 0.2) is 58.6 Å². The van der Waals surface area contributed by atoms with Crippen LogP contribution in [0, 0.1) is 0 Å². The third-order valence-corrected chi connectivity index (χ3v) is 6.05. The highest BCUT2D eigenvalue weighted by Gasteiger charge is 2.23. The van der Waals surface area contributed by atoms with Crippen LogP contribution in [0.5, 0.6) is 0 Å². The van der Waals surface area contributed by atoms with E-state index in [1.165, 1.54) is 29.1 Å². The van der Waals surface area contributed by atoms with Crippen LogP contribution in [-0.4, -0.2) is 29.7 Å². The summed E-state index contributed by atoms with van der Waals surface area (Å²) < 4.78 is 27.7. The topological polar surface area (TPSA) is 101 Å². The van der Waals surface area contributed by atoms with E-state index in [2.05, 4.69) is 10.5 Å². The van der Waals surface area contributed by atoms with Gasteiger partial charge in [-0.15, -0.1) is 0 Å². The number of fused-ring (bicyclic) bond motifs is 1. The van der Waals surface area contributed by atoms with Gasteiger partial charge < -0.3 is 10.5 Å². The number of nitrogens with one attached hydrogen (secondary N) is 1. The lowest BCUT2D eigenvalue weighted by molar-refractivity contribution is -0.119. The summed E-state index contributed by atoms with van der Waals surface area (Å²) in [6.07, 6.45) is 1.13. The van der Waals surface area contributed by atoms with Crippen LogP contribution >= 0.6 is 11.6 Å². The average molecular weight is 406 g/mol. The molecule has 3 rings (SSSR count). The second kappa shape index (κ2) is 7.42. The SMILES string of the molecule is CC(=O)NCc1cc2cc(Cl)c(/C=N/O)cc2n1S(=O)(=O)c1ccccc1. The molecular formula is C18H16ClN3O4S. The van der Waals surface area contributed by atoms with E-state index in [4.69, 9.17) is 16.8 Å². The lowest BCUT2D eigenvalue weighted by Crippen LogP contribution is -2.23. The Bertz CT molecular complexity index is 1140. The maximum atomic E-state index is 13.3. The number of halogens is 1. The highest BCUT2D eigenvalue weighted by atomic mass is 35.5. The first-order valence-corrected chi connectivity index (χ1v) is 9.73. The molecule has 1 amide bonds. The van der Waals surface area contributed by atoms with E-state index < -0.39 is 10.0 Å². The molecule has 0 unspecified atom stereocenters. The van der Waals surface area contributed by atoms with E-state index in [1.807, 2.05) is 0 Å². The van der Waals surface area contributed by atoms with E-state index in [-0.39, 0.29) is 17.3 Å². The fourth-order valence-electron chi connectivity index (χ4n) is 2.76. The van der Waals surface area contributed by atoms with Crippen molar-refractivity contribution in [2.24, 2.45) is 5.16 Å². The van der Waals surface area contributed by atoms with Crippen molar-refractivity contribution in [3.05, 3.63) is 64.8 Å². The van der Waals surface area contributed by atoms with E-state index in [9.17, 15) is 13.2 Å². The van der Waals surface area contributed by atoms with Gasteiger partial charge in [0, 0.05) is 17.9 Å². The van der Waals surface area contributed by atoms with Gasteiger partial charge in [0.25, 0.3) is 10.0 Å². The predicted octanol–water partition coefficient (Wildman–Crippen LogP) is 2.98. The van der Waals surface area contributed by atoms with Gasteiger partial charge in [0.1, 0.15) is 0 Å². The molecule has 27 heavy (non-hydrogen) atoms. The van der Waals surface area contributed by atoms with E-state index >= 15 is 0 Å². The number of carbonyl (C=O) groups excluding carboxylic acids is 1. The van der Waals surface area contributed by atoms with Crippen LogP contribution in [0.3, 0.4) is 0 Å². The van der Waals surface area contributed by atoms with Crippen molar-refractivity contribution < 1.29 is 18.4 Å². The molecule has 140 valence electrons. The number of nitrogens with zero attached hydrogens (tertiary/aromatic N) is 2. The summed E-state index contributed by atoms with van der Waals surface area (Å²) in [5, 5.41) is 15.3. The van der Waals surface area contributed by atoms with Crippen molar-refractivity contribution >= 4 is 44.6 Å². The fraction of sp³-hybridized carbons (Fsp3) is 0.111. The summed E-state index contributed by atoms with van der Waals surface area (Å²) >= 11 is 6.17. The van der Waals surface area contributed by atoms with Gasteiger partial charge >= 0.3 is 0 Å². The zero-order valence-corrected chi connectivity index (χ0v) is 15.8. The van der Waals surface area contributed by atoms with Crippen LogP contribution in [0.25, 0.3) is 10.9 Å². The second-order valence-corrected chi connectivity index (χ2v) is 8.00. The Balaban J connectivity index is 2.31. The third-order valence-electron chi connectivity index (χ3n) is 3.94. The Labute approximate surface area is 160 Å². The zero-order valence-electron chi connectivity index (χ0n) is 14.3. The number of benzene rings is 2. The Morgan fingerprint density at radius 2 is 1.96 bits per heavy atom. The van der Waals surface area contributed by atoms with Gasteiger partial charge in [0.2, 0.25) is 5.91 Å². The van der Waals surface area contributed by atoms with Crippen molar-refractivity contribution in [3.63, 3.8) is 0 Å². The molecule has 0 atom stereocenters. The molecule has 0 aliphatic heterocycles. The summed E-state index contributed by atoms with van der Waals surface area (Å²) in [6, 6.07) is 12.7. The minimum atomic E-state index is -3.93. The normalized spacial score (nSPS) is 11.9. The molecule has 7 nitrogen and oxygen atoms in total. The summed E-state index contributed by atoms with van der Waals surface area (Å²) in [5.41, 5.74) is 1.09. The van der Waals surface area contributed by atoms with Crippen LogP contribution in [0.2, 0.25) is 5.02 Å². The molecule has 0 aliphatic rings. The first kappa shape index (κ1) is 18.9. The van der Waals surface area contributed by atoms with Crippen LogP contribution in [0.4, 0.5) is 0 Å². The minimum absolute atomic E-state index is 0.0249. The molecule has 0 bridgehead atoms. The van der Waals surface area contributed by atoms with Crippen LogP contribution in [0.1, 0.15) is 18.2 Å². The first-order chi connectivity index (χ1) is 12.8. The molecule has 2 aromatic carbocycles. The second-order valence-electron chi connectivity index (χ2n) is 5.81. The zero-order chi connectivity index (χ0) is 19.6. The van der Waals surface area contributed by atoms with Crippen molar-refractivity contribution in [1.82, 2.24) is 9.29 Å².